The van der Waals surface area contributed by atoms with Crippen molar-refractivity contribution in [2.45, 2.75) is 101 Å². The van der Waals surface area contributed by atoms with E-state index in [-0.39, 0.29) is 69.8 Å². The van der Waals surface area contributed by atoms with Crippen LogP contribution < -0.4 is 18.9 Å². The number of rotatable bonds is 20. The average molecular weight is 906 g/mol. The summed E-state index contributed by atoms with van der Waals surface area (Å²) >= 11 is 7.80. The van der Waals surface area contributed by atoms with E-state index in [2.05, 4.69) is 18.7 Å². The minimum Gasteiger partial charge on any atom is -0.459 e. The molecule has 7 rings (SSSR count). The van der Waals surface area contributed by atoms with E-state index in [1.54, 1.807) is 22.7 Å². The van der Waals surface area contributed by atoms with Gasteiger partial charge in [0.2, 0.25) is 12.6 Å². The number of aliphatic hydroxyl groups excluding tert-OH is 2. The van der Waals surface area contributed by atoms with Crippen molar-refractivity contribution < 1.29 is 48.3 Å². The van der Waals surface area contributed by atoms with Crippen LogP contribution in [-0.2, 0) is 20.9 Å². The van der Waals surface area contributed by atoms with Gasteiger partial charge in [0, 0.05) is 42.6 Å². The zero-order chi connectivity index (χ0) is 44.6. The third-order valence-corrected chi connectivity index (χ3v) is 13.0. The number of hydrogen-bond acceptors (Lipinski definition) is 12. The van der Waals surface area contributed by atoms with Gasteiger partial charge in [0.1, 0.15) is 35.5 Å². The third-order valence-electron chi connectivity index (χ3n) is 12.1. The fourth-order valence-corrected chi connectivity index (χ4v) is 9.92. The SMILES string of the molecule is C=CCO[C@@]12Oc3ccc(Oc4ccc(SC)cc4)cc3[C@H]3[C@H](CCCCO)[C@@H](CCCCO)C=C(C(=NOC(C)(C)C)C[C@@H]1N(Cc1ccc4c(c1)OCO4)C(=O)OCCCl)[C@H]32. The smallest absolute Gasteiger partial charge is 0.410 e. The van der Waals surface area contributed by atoms with Crippen LogP contribution in [0.1, 0.15) is 82.8 Å². The predicted molar refractivity (Wildman–Crippen MR) is 244 cm³/mol. The Morgan fingerprint density at radius 1 is 0.984 bits per heavy atom. The first kappa shape index (κ1) is 46.6. The molecule has 4 aliphatic rings. The number of oxime groups is 1. The van der Waals surface area contributed by atoms with Crippen molar-refractivity contribution in [3.63, 3.8) is 0 Å². The van der Waals surface area contributed by atoms with Gasteiger partial charge in [0.05, 0.1) is 24.1 Å². The maximum Gasteiger partial charge on any atom is 0.410 e. The van der Waals surface area contributed by atoms with Gasteiger partial charge in [-0.05, 0) is 130 Å². The highest BCUT2D eigenvalue weighted by molar-refractivity contribution is 7.98. The lowest BCUT2D eigenvalue weighted by molar-refractivity contribution is -0.256. The van der Waals surface area contributed by atoms with Crippen molar-refractivity contribution in [1.82, 2.24) is 4.90 Å². The molecule has 1 fully saturated rings. The summed E-state index contributed by atoms with van der Waals surface area (Å²) in [6.07, 6.45) is 10.2. The number of halogens is 1. The van der Waals surface area contributed by atoms with Crippen LogP contribution in [-0.4, -0.2) is 89.7 Å². The lowest BCUT2D eigenvalue weighted by Crippen LogP contribution is -2.70. The second-order valence-electron chi connectivity index (χ2n) is 17.4. The molecule has 2 heterocycles. The van der Waals surface area contributed by atoms with E-state index >= 15 is 0 Å². The standard InChI is InChI=1S/C49H61ClN2O10S/c1-6-24-59-49-44(52(47(55)56-25-21-50)30-32-13-19-42-43(26-32)58-31-57-42)29-40(51-62-48(2,3)4)38-27-33(11-7-9-22-53)37(12-8-10-23-54)45(46(38)49)39-28-35(16-20-41(39)61-49)60-34-14-17-36(63-5)18-15-34/h6,13-20,26-28,33,37,44-46,53-54H,1,7-12,21-25,29-31H2,2-5H3/t33-,37+,44-,45+,46+,49+/m0/s1. The van der Waals surface area contributed by atoms with Gasteiger partial charge < -0.3 is 43.5 Å². The van der Waals surface area contributed by atoms with Gasteiger partial charge in [-0.3, -0.25) is 4.90 Å². The summed E-state index contributed by atoms with van der Waals surface area (Å²) < 4.78 is 38.3. The first-order valence-corrected chi connectivity index (χ1v) is 23.7. The Morgan fingerprint density at radius 3 is 2.43 bits per heavy atom. The monoisotopic (exact) mass is 904 g/mol. The molecule has 0 radical (unpaired) electrons. The Kier molecular flexibility index (Phi) is 15.6. The summed E-state index contributed by atoms with van der Waals surface area (Å²) in [6, 6.07) is 18.7. The first-order chi connectivity index (χ1) is 30.5. The van der Waals surface area contributed by atoms with E-state index in [0.29, 0.717) is 47.3 Å². The van der Waals surface area contributed by atoms with Crippen molar-refractivity contribution >= 4 is 35.2 Å². The van der Waals surface area contributed by atoms with E-state index in [1.165, 1.54) is 0 Å². The van der Waals surface area contributed by atoms with Gasteiger partial charge >= 0.3 is 6.09 Å². The molecule has 2 N–H and O–H groups in total. The number of amides is 1. The summed E-state index contributed by atoms with van der Waals surface area (Å²) in [7, 11) is 0. The molecule has 14 heteroatoms. The van der Waals surface area contributed by atoms with Gasteiger partial charge in [-0.25, -0.2) is 4.79 Å². The zero-order valence-electron chi connectivity index (χ0n) is 36.8. The molecular formula is C49H61ClN2O10S. The number of unbranched alkanes of at least 4 members (excludes halogenated alkanes) is 2. The fourth-order valence-electron chi connectivity index (χ4n) is 9.43. The van der Waals surface area contributed by atoms with Crippen molar-refractivity contribution in [2.24, 2.45) is 22.9 Å². The highest BCUT2D eigenvalue weighted by Crippen LogP contribution is 2.62. The van der Waals surface area contributed by atoms with E-state index in [0.717, 1.165) is 47.3 Å². The molecule has 1 amide bonds. The summed E-state index contributed by atoms with van der Waals surface area (Å²) in [4.78, 5) is 23.7. The molecule has 2 aliphatic carbocycles. The Balaban J connectivity index is 1.45. The summed E-state index contributed by atoms with van der Waals surface area (Å²) in [6.45, 7) is 10.4. The molecular weight excluding hydrogens is 844 g/mol. The van der Waals surface area contributed by atoms with E-state index in [4.69, 9.17) is 50.0 Å². The predicted octanol–water partition coefficient (Wildman–Crippen LogP) is 10.2. The maximum absolute atomic E-state index is 14.7. The Morgan fingerprint density at radius 2 is 1.71 bits per heavy atom. The fraction of sp³-hybridized carbons (Fsp3) is 0.510. The summed E-state index contributed by atoms with van der Waals surface area (Å²) in [5.41, 5.74) is 2.71. The van der Waals surface area contributed by atoms with Crippen LogP contribution in [0.15, 0.2) is 95.0 Å². The number of nitrogens with zero attached hydrogens (tertiary/aromatic N) is 2. The number of alkyl halides is 1. The number of thioether (sulfide) groups is 1. The highest BCUT2D eigenvalue weighted by Gasteiger charge is 2.66. The molecule has 1 saturated carbocycles. The Hall–Kier alpha value is -4.40. The van der Waals surface area contributed by atoms with Crippen LogP contribution in [0.4, 0.5) is 4.79 Å². The number of allylic oxidation sites excluding steroid dienone is 1. The van der Waals surface area contributed by atoms with Crippen molar-refractivity contribution in [3.8, 4) is 28.7 Å². The number of fused-ring (bicyclic) bond motifs is 3. The maximum atomic E-state index is 14.7. The van der Waals surface area contributed by atoms with Crippen molar-refractivity contribution in [2.75, 3.05) is 45.4 Å². The van der Waals surface area contributed by atoms with Gasteiger partial charge in [-0.1, -0.05) is 36.2 Å². The van der Waals surface area contributed by atoms with Crippen LogP contribution in [0.3, 0.4) is 0 Å². The molecule has 340 valence electrons. The Bertz CT molecular complexity index is 2110. The molecule has 2 aliphatic heterocycles. The number of aliphatic hydroxyl groups is 2. The normalized spacial score (nSPS) is 23.8. The molecule has 0 spiro atoms. The second-order valence-corrected chi connectivity index (χ2v) is 18.6. The lowest BCUT2D eigenvalue weighted by Gasteiger charge is -2.60. The molecule has 0 unspecified atom stereocenters. The molecule has 6 atom stereocenters. The molecule has 0 bridgehead atoms. The van der Waals surface area contributed by atoms with E-state index in [1.807, 2.05) is 81.6 Å². The summed E-state index contributed by atoms with van der Waals surface area (Å²) in [5.74, 6) is 1.14. The summed E-state index contributed by atoms with van der Waals surface area (Å²) in [5, 5.41) is 24.9. The number of hydrogen-bond donors (Lipinski definition) is 2. The molecule has 0 saturated heterocycles. The quantitative estimate of drug-likeness (QED) is 0.0368. The molecule has 12 nitrogen and oxygen atoms in total. The van der Waals surface area contributed by atoms with Crippen molar-refractivity contribution in [3.05, 3.63) is 96.1 Å². The van der Waals surface area contributed by atoms with Crippen molar-refractivity contribution in [1.29, 1.82) is 0 Å². The minimum atomic E-state index is -1.49. The van der Waals surface area contributed by atoms with Crippen LogP contribution in [0.2, 0.25) is 0 Å². The Labute approximate surface area is 380 Å². The number of benzene rings is 3. The lowest BCUT2D eigenvalue weighted by atomic mass is 9.55. The average Bonchev–Trinajstić information content (AvgIpc) is 3.75. The molecule has 3 aromatic carbocycles. The molecule has 3 aromatic rings. The second kappa shape index (κ2) is 21.1. The largest absolute Gasteiger partial charge is 0.459 e. The number of ether oxygens (including phenoxy) is 6. The van der Waals surface area contributed by atoms with Crippen LogP contribution >= 0.6 is 23.4 Å². The van der Waals surface area contributed by atoms with Crippen LogP contribution in [0.25, 0.3) is 0 Å². The van der Waals surface area contributed by atoms with Gasteiger partial charge in [0.25, 0.3) is 0 Å². The zero-order valence-corrected chi connectivity index (χ0v) is 38.3. The van der Waals surface area contributed by atoms with E-state index in [9.17, 15) is 15.0 Å². The minimum absolute atomic E-state index is 0.00845. The van der Waals surface area contributed by atoms with Crippen LogP contribution in [0, 0.1) is 17.8 Å². The van der Waals surface area contributed by atoms with Gasteiger partial charge in [0.15, 0.2) is 11.5 Å². The van der Waals surface area contributed by atoms with Crippen LogP contribution in [0.5, 0.6) is 28.7 Å². The number of carbonyl (C=O) groups excluding carboxylic acids is 1. The molecule has 63 heavy (non-hydrogen) atoms. The van der Waals surface area contributed by atoms with Gasteiger partial charge in [-0.2, -0.15) is 0 Å². The molecule has 0 aromatic heterocycles. The topological polar surface area (TPSA) is 138 Å². The van der Waals surface area contributed by atoms with Gasteiger partial charge in [-0.15, -0.1) is 29.9 Å². The highest BCUT2D eigenvalue weighted by atomic mass is 35.5. The first-order valence-electron chi connectivity index (χ1n) is 22.0. The number of carbonyl (C=O) groups is 1. The third kappa shape index (κ3) is 10.6. The van der Waals surface area contributed by atoms with E-state index < -0.39 is 29.4 Å².